The molecule has 0 saturated carbocycles. The molecule has 0 radical (unpaired) electrons. The number of hydrogen-bond donors (Lipinski definition) is 0. The lowest BCUT2D eigenvalue weighted by atomic mass is 10.0. The van der Waals surface area contributed by atoms with Gasteiger partial charge in [0.1, 0.15) is 11.5 Å². The molecule has 0 unspecified atom stereocenters. The van der Waals surface area contributed by atoms with Crippen LogP contribution in [-0.4, -0.2) is 47.8 Å². The number of carbonyl (C=O) groups is 2. The zero-order valence-corrected chi connectivity index (χ0v) is 25.5. The number of aromatic nitrogens is 2. The first-order valence-corrected chi connectivity index (χ1v) is 16.7. The van der Waals surface area contributed by atoms with Crippen molar-refractivity contribution in [2.75, 3.05) is 12.8 Å². The zero-order valence-electron chi connectivity index (χ0n) is 23.8. The van der Waals surface area contributed by atoms with E-state index >= 15 is 4.39 Å². The molecule has 1 saturated heterocycles. The molecule has 3 aromatic heterocycles. The summed E-state index contributed by atoms with van der Waals surface area (Å²) in [5.74, 6) is -0.138. The van der Waals surface area contributed by atoms with Crippen LogP contribution in [0.25, 0.3) is 20.8 Å². The number of nitrogens with zero attached hydrogens (tertiary/aromatic N) is 3. The van der Waals surface area contributed by atoms with E-state index in [9.17, 15) is 18.0 Å². The normalized spacial score (nSPS) is 13.5. The van der Waals surface area contributed by atoms with E-state index < -0.39 is 15.7 Å². The standard InChI is InChI=1S/C33H28FN3O5S2/c1-44(40,41)25-5-2-4-21(16-25)14-24(38)15-22-8-10-29(26(34)17-22)42-30-11-12-35-28-18-31(43-33(28)30)27-9-7-23(19-36-27)20-37-13-3-6-32(37)39/h2,4-5,7-12,16-19H,3,6,13-15,20H2,1H3. The molecule has 8 nitrogen and oxygen atoms in total. The second kappa shape index (κ2) is 12.3. The topological polar surface area (TPSA) is 107 Å². The second-order valence-electron chi connectivity index (χ2n) is 10.8. The van der Waals surface area contributed by atoms with E-state index in [4.69, 9.17) is 4.74 Å². The number of pyridine rings is 2. The van der Waals surface area contributed by atoms with Gasteiger partial charge in [-0.05, 0) is 59.5 Å². The Hall–Kier alpha value is -4.48. The lowest BCUT2D eigenvalue weighted by molar-refractivity contribution is -0.128. The Balaban J connectivity index is 1.14. The molecular weight excluding hydrogens is 602 g/mol. The fraction of sp³-hybridized carbons (Fsp3) is 0.212. The molecule has 1 aliphatic heterocycles. The van der Waals surface area contributed by atoms with E-state index in [1.807, 2.05) is 23.1 Å². The summed E-state index contributed by atoms with van der Waals surface area (Å²) in [4.78, 5) is 36.5. The average molecular weight is 630 g/mol. The number of ketones is 1. The summed E-state index contributed by atoms with van der Waals surface area (Å²) in [7, 11) is -3.38. The molecule has 0 N–H and O–H groups in total. The Morgan fingerprint density at radius 2 is 1.77 bits per heavy atom. The number of Topliss-reactive ketones (excluding diaryl/α,β-unsaturated/α-hetero) is 1. The molecule has 224 valence electrons. The summed E-state index contributed by atoms with van der Waals surface area (Å²) in [6.07, 6.45) is 6.02. The maximum absolute atomic E-state index is 15.1. The average Bonchev–Trinajstić information content (AvgIpc) is 3.61. The summed E-state index contributed by atoms with van der Waals surface area (Å²) < 4.78 is 45.5. The maximum atomic E-state index is 15.1. The first kappa shape index (κ1) is 29.6. The van der Waals surface area contributed by atoms with Gasteiger partial charge < -0.3 is 9.64 Å². The van der Waals surface area contributed by atoms with Crippen molar-refractivity contribution in [2.45, 2.75) is 37.1 Å². The Labute approximate surface area is 258 Å². The highest BCUT2D eigenvalue weighted by Crippen LogP contribution is 2.39. The number of fused-ring (bicyclic) bond motifs is 1. The van der Waals surface area contributed by atoms with Crippen molar-refractivity contribution in [2.24, 2.45) is 0 Å². The van der Waals surface area contributed by atoms with Gasteiger partial charge in [-0.15, -0.1) is 11.3 Å². The minimum absolute atomic E-state index is 0.00574. The molecule has 44 heavy (non-hydrogen) atoms. The molecule has 1 aliphatic rings. The molecule has 0 atom stereocenters. The largest absolute Gasteiger partial charge is 0.453 e. The molecule has 4 heterocycles. The Morgan fingerprint density at radius 3 is 2.48 bits per heavy atom. The first-order valence-electron chi connectivity index (χ1n) is 14.0. The lowest BCUT2D eigenvalue weighted by Gasteiger charge is -2.15. The SMILES string of the molecule is CS(=O)(=O)c1cccc(CC(=O)Cc2ccc(Oc3ccnc4cc(-c5ccc(CN6CCCC6=O)cn5)sc34)c(F)c2)c1. The molecule has 1 amide bonds. The van der Waals surface area contributed by atoms with Crippen LogP contribution < -0.4 is 4.74 Å². The van der Waals surface area contributed by atoms with Gasteiger partial charge in [0.2, 0.25) is 5.91 Å². The number of sulfone groups is 1. The van der Waals surface area contributed by atoms with Crippen molar-refractivity contribution in [3.8, 4) is 22.1 Å². The van der Waals surface area contributed by atoms with Gasteiger partial charge in [0, 0.05) is 57.1 Å². The van der Waals surface area contributed by atoms with Crippen LogP contribution in [0.5, 0.6) is 11.5 Å². The molecule has 0 aliphatic carbocycles. The van der Waals surface area contributed by atoms with Gasteiger partial charge in [0.25, 0.3) is 0 Å². The Morgan fingerprint density at radius 1 is 0.977 bits per heavy atom. The number of amides is 1. The van der Waals surface area contributed by atoms with E-state index in [1.54, 1.807) is 36.7 Å². The van der Waals surface area contributed by atoms with Crippen LogP contribution in [0.15, 0.2) is 84.0 Å². The van der Waals surface area contributed by atoms with Crippen molar-refractivity contribution in [3.63, 3.8) is 0 Å². The summed E-state index contributed by atoms with van der Waals surface area (Å²) in [5, 5.41) is 0. The van der Waals surface area contributed by atoms with Gasteiger partial charge in [-0.1, -0.05) is 24.3 Å². The number of rotatable bonds is 10. The monoisotopic (exact) mass is 629 g/mol. The second-order valence-corrected chi connectivity index (χ2v) is 13.9. The van der Waals surface area contributed by atoms with Crippen LogP contribution in [0.3, 0.4) is 0 Å². The molecule has 11 heteroatoms. The van der Waals surface area contributed by atoms with E-state index in [2.05, 4.69) is 9.97 Å². The van der Waals surface area contributed by atoms with Crippen LogP contribution in [0.4, 0.5) is 4.39 Å². The highest BCUT2D eigenvalue weighted by atomic mass is 32.2. The third-order valence-corrected chi connectivity index (χ3v) is 9.61. The van der Waals surface area contributed by atoms with Crippen molar-refractivity contribution in [1.82, 2.24) is 14.9 Å². The lowest BCUT2D eigenvalue weighted by Crippen LogP contribution is -2.23. The molecular formula is C33H28FN3O5S2. The van der Waals surface area contributed by atoms with Gasteiger partial charge in [-0.3, -0.25) is 19.6 Å². The summed E-state index contributed by atoms with van der Waals surface area (Å²) in [6, 6.07) is 18.2. The van der Waals surface area contributed by atoms with Gasteiger partial charge in [0.15, 0.2) is 21.4 Å². The first-order chi connectivity index (χ1) is 21.1. The minimum Gasteiger partial charge on any atom is -0.453 e. The minimum atomic E-state index is -3.38. The molecule has 0 bridgehead atoms. The van der Waals surface area contributed by atoms with E-state index in [0.717, 1.165) is 40.1 Å². The van der Waals surface area contributed by atoms with E-state index in [0.29, 0.717) is 35.4 Å². The fourth-order valence-electron chi connectivity index (χ4n) is 5.14. The number of thiophene rings is 1. The van der Waals surface area contributed by atoms with E-state index in [-0.39, 0.29) is 35.2 Å². The van der Waals surface area contributed by atoms with Gasteiger partial charge in [-0.2, -0.15) is 0 Å². The zero-order chi connectivity index (χ0) is 30.8. The van der Waals surface area contributed by atoms with Crippen LogP contribution in [0, 0.1) is 5.82 Å². The smallest absolute Gasteiger partial charge is 0.222 e. The van der Waals surface area contributed by atoms with Crippen molar-refractivity contribution < 1.29 is 27.1 Å². The fourth-order valence-corrected chi connectivity index (χ4v) is 6.87. The number of benzene rings is 2. The highest BCUT2D eigenvalue weighted by Gasteiger charge is 2.20. The summed E-state index contributed by atoms with van der Waals surface area (Å²) in [5.41, 5.74) is 3.49. The van der Waals surface area contributed by atoms with Gasteiger partial charge in [0.05, 0.1) is 25.7 Å². The van der Waals surface area contributed by atoms with Crippen LogP contribution in [-0.2, 0) is 38.8 Å². The van der Waals surface area contributed by atoms with Crippen molar-refractivity contribution >= 4 is 43.1 Å². The van der Waals surface area contributed by atoms with Crippen molar-refractivity contribution in [3.05, 3.63) is 102 Å². The van der Waals surface area contributed by atoms with Crippen LogP contribution in [0.2, 0.25) is 0 Å². The van der Waals surface area contributed by atoms with E-state index in [1.165, 1.54) is 35.6 Å². The number of halogens is 1. The van der Waals surface area contributed by atoms with Crippen LogP contribution in [0.1, 0.15) is 29.5 Å². The number of carbonyl (C=O) groups excluding carboxylic acids is 2. The van der Waals surface area contributed by atoms with Crippen molar-refractivity contribution in [1.29, 1.82) is 0 Å². The third kappa shape index (κ3) is 6.68. The molecule has 6 rings (SSSR count). The Bertz CT molecular complexity index is 1990. The number of hydrogen-bond acceptors (Lipinski definition) is 8. The van der Waals surface area contributed by atoms with Crippen LogP contribution >= 0.6 is 11.3 Å². The van der Waals surface area contributed by atoms with Gasteiger partial charge >= 0.3 is 0 Å². The third-order valence-electron chi connectivity index (χ3n) is 7.34. The quantitative estimate of drug-likeness (QED) is 0.182. The summed E-state index contributed by atoms with van der Waals surface area (Å²) in [6.45, 7) is 1.33. The summed E-state index contributed by atoms with van der Waals surface area (Å²) >= 11 is 1.44. The predicted octanol–water partition coefficient (Wildman–Crippen LogP) is 6.17. The Kier molecular flexibility index (Phi) is 8.24. The molecule has 0 spiro atoms. The predicted molar refractivity (Wildman–Crippen MR) is 166 cm³/mol. The number of likely N-dealkylation sites (tertiary alicyclic amines) is 1. The molecule has 2 aromatic carbocycles. The molecule has 5 aromatic rings. The molecule has 1 fully saturated rings. The maximum Gasteiger partial charge on any atom is 0.222 e. The highest BCUT2D eigenvalue weighted by molar-refractivity contribution is 7.90. The number of ether oxygens (including phenoxy) is 1. The van der Waals surface area contributed by atoms with Gasteiger partial charge in [-0.25, -0.2) is 12.8 Å².